The molecule has 20 heavy (non-hydrogen) atoms. The summed E-state index contributed by atoms with van der Waals surface area (Å²) in [7, 11) is 0. The molecule has 0 spiro atoms. The van der Waals surface area contributed by atoms with Gasteiger partial charge in [0.05, 0.1) is 5.92 Å². The van der Waals surface area contributed by atoms with Crippen molar-refractivity contribution in [3.63, 3.8) is 0 Å². The van der Waals surface area contributed by atoms with Crippen molar-refractivity contribution < 1.29 is 9.90 Å². The summed E-state index contributed by atoms with van der Waals surface area (Å²) in [6.45, 7) is 6.63. The zero-order valence-corrected chi connectivity index (χ0v) is 12.8. The van der Waals surface area contributed by atoms with Crippen molar-refractivity contribution in [2.45, 2.75) is 52.4 Å². The van der Waals surface area contributed by atoms with E-state index in [2.05, 4.69) is 45.0 Å². The van der Waals surface area contributed by atoms with Gasteiger partial charge in [-0.05, 0) is 54.6 Å². The van der Waals surface area contributed by atoms with Crippen molar-refractivity contribution in [1.82, 2.24) is 0 Å². The molecule has 0 aromatic heterocycles. The van der Waals surface area contributed by atoms with Crippen LogP contribution in [0.1, 0.15) is 57.1 Å². The lowest BCUT2D eigenvalue weighted by Gasteiger charge is -2.32. The molecule has 1 N–H and O–H groups in total. The minimum absolute atomic E-state index is 0.157. The molecule has 3 atom stereocenters. The number of aliphatic carboxylic acids is 1. The van der Waals surface area contributed by atoms with Gasteiger partial charge in [0.1, 0.15) is 0 Å². The van der Waals surface area contributed by atoms with E-state index in [-0.39, 0.29) is 5.92 Å². The normalized spacial score (nSPS) is 26.7. The molecule has 1 saturated carbocycles. The SMILES string of the molecule is CC1CCC(C(=O)O)C(Cc2ccc(C(C)C)cc2)C1. The van der Waals surface area contributed by atoms with E-state index in [0.717, 1.165) is 25.7 Å². The van der Waals surface area contributed by atoms with Gasteiger partial charge in [-0.25, -0.2) is 0 Å². The zero-order valence-electron chi connectivity index (χ0n) is 12.8. The van der Waals surface area contributed by atoms with Crippen LogP contribution in [0.5, 0.6) is 0 Å². The van der Waals surface area contributed by atoms with Gasteiger partial charge in [-0.3, -0.25) is 4.79 Å². The van der Waals surface area contributed by atoms with Gasteiger partial charge in [-0.2, -0.15) is 0 Å². The fourth-order valence-electron chi connectivity index (χ4n) is 3.39. The third-order valence-corrected chi connectivity index (χ3v) is 4.71. The van der Waals surface area contributed by atoms with Crippen molar-refractivity contribution in [2.24, 2.45) is 17.8 Å². The Morgan fingerprint density at radius 3 is 2.45 bits per heavy atom. The lowest BCUT2D eigenvalue weighted by Crippen LogP contribution is -2.31. The number of rotatable bonds is 4. The minimum atomic E-state index is -0.610. The molecule has 3 unspecified atom stereocenters. The van der Waals surface area contributed by atoms with Gasteiger partial charge in [0.25, 0.3) is 0 Å². The number of hydrogen-bond donors (Lipinski definition) is 1. The first-order valence-corrected chi connectivity index (χ1v) is 7.79. The van der Waals surface area contributed by atoms with E-state index < -0.39 is 5.97 Å². The molecule has 2 heteroatoms. The fraction of sp³-hybridized carbons (Fsp3) is 0.611. The molecule has 0 bridgehead atoms. The maximum Gasteiger partial charge on any atom is 0.306 e. The monoisotopic (exact) mass is 274 g/mol. The van der Waals surface area contributed by atoms with Gasteiger partial charge >= 0.3 is 5.97 Å². The largest absolute Gasteiger partial charge is 0.481 e. The summed E-state index contributed by atoms with van der Waals surface area (Å²) >= 11 is 0. The Kier molecular flexibility index (Phi) is 4.85. The predicted molar refractivity (Wildman–Crippen MR) is 81.9 cm³/mol. The van der Waals surface area contributed by atoms with Gasteiger partial charge in [-0.15, -0.1) is 0 Å². The lowest BCUT2D eigenvalue weighted by molar-refractivity contribution is -0.145. The van der Waals surface area contributed by atoms with E-state index in [9.17, 15) is 9.90 Å². The number of hydrogen-bond acceptors (Lipinski definition) is 1. The lowest BCUT2D eigenvalue weighted by atomic mass is 9.72. The van der Waals surface area contributed by atoms with Crippen LogP contribution in [0.25, 0.3) is 0 Å². The summed E-state index contributed by atoms with van der Waals surface area (Å²) in [5.41, 5.74) is 2.63. The summed E-state index contributed by atoms with van der Waals surface area (Å²) in [5.74, 6) is 0.730. The Hall–Kier alpha value is -1.31. The Labute approximate surface area is 122 Å². The smallest absolute Gasteiger partial charge is 0.306 e. The topological polar surface area (TPSA) is 37.3 Å². The van der Waals surface area contributed by atoms with Crippen molar-refractivity contribution in [3.8, 4) is 0 Å². The second-order valence-corrected chi connectivity index (χ2v) is 6.72. The highest BCUT2D eigenvalue weighted by atomic mass is 16.4. The van der Waals surface area contributed by atoms with Crippen molar-refractivity contribution >= 4 is 5.97 Å². The number of carboxylic acid groups (broad SMARTS) is 1. The van der Waals surface area contributed by atoms with Gasteiger partial charge < -0.3 is 5.11 Å². The van der Waals surface area contributed by atoms with E-state index in [4.69, 9.17) is 0 Å². The Morgan fingerprint density at radius 1 is 1.25 bits per heavy atom. The molecule has 1 fully saturated rings. The van der Waals surface area contributed by atoms with Crippen LogP contribution < -0.4 is 0 Å². The Balaban J connectivity index is 2.07. The predicted octanol–water partition coefficient (Wildman–Crippen LogP) is 4.49. The van der Waals surface area contributed by atoms with E-state index in [1.807, 2.05) is 0 Å². The van der Waals surface area contributed by atoms with E-state index in [1.54, 1.807) is 0 Å². The van der Waals surface area contributed by atoms with Crippen LogP contribution in [0.15, 0.2) is 24.3 Å². The highest BCUT2D eigenvalue weighted by molar-refractivity contribution is 5.70. The Morgan fingerprint density at radius 2 is 1.90 bits per heavy atom. The van der Waals surface area contributed by atoms with E-state index >= 15 is 0 Å². The van der Waals surface area contributed by atoms with Crippen LogP contribution in [-0.2, 0) is 11.2 Å². The summed E-state index contributed by atoms with van der Waals surface area (Å²) in [6, 6.07) is 8.71. The van der Waals surface area contributed by atoms with Crippen LogP contribution in [0.2, 0.25) is 0 Å². The summed E-state index contributed by atoms with van der Waals surface area (Å²) in [5, 5.41) is 9.39. The van der Waals surface area contributed by atoms with Gasteiger partial charge in [0, 0.05) is 0 Å². The fourth-order valence-corrected chi connectivity index (χ4v) is 3.39. The Bertz CT molecular complexity index is 447. The van der Waals surface area contributed by atoms with E-state index in [0.29, 0.717) is 17.8 Å². The molecule has 0 heterocycles. The second kappa shape index (κ2) is 6.43. The molecular weight excluding hydrogens is 248 g/mol. The molecule has 1 aliphatic rings. The van der Waals surface area contributed by atoms with Crippen molar-refractivity contribution in [1.29, 1.82) is 0 Å². The third-order valence-electron chi connectivity index (χ3n) is 4.71. The standard InChI is InChI=1S/C18H26O2/c1-12(2)15-7-5-14(6-8-15)11-16-10-13(3)4-9-17(16)18(19)20/h5-8,12-13,16-17H,4,9-11H2,1-3H3,(H,19,20). The van der Waals surface area contributed by atoms with E-state index in [1.165, 1.54) is 11.1 Å². The zero-order chi connectivity index (χ0) is 14.7. The van der Waals surface area contributed by atoms with Crippen LogP contribution in [0.4, 0.5) is 0 Å². The average molecular weight is 274 g/mol. The first-order valence-electron chi connectivity index (χ1n) is 7.79. The highest BCUT2D eigenvalue weighted by Crippen LogP contribution is 2.36. The van der Waals surface area contributed by atoms with Gasteiger partial charge in [0.2, 0.25) is 0 Å². The molecule has 2 nitrogen and oxygen atoms in total. The average Bonchev–Trinajstić information content (AvgIpc) is 2.39. The molecule has 0 saturated heterocycles. The first kappa shape index (κ1) is 15.1. The number of carboxylic acids is 1. The molecular formula is C18H26O2. The quantitative estimate of drug-likeness (QED) is 0.878. The second-order valence-electron chi connectivity index (χ2n) is 6.72. The van der Waals surface area contributed by atoms with Gasteiger partial charge in [0.15, 0.2) is 0 Å². The molecule has 0 amide bonds. The van der Waals surface area contributed by atoms with Crippen LogP contribution >= 0.6 is 0 Å². The maximum absolute atomic E-state index is 11.4. The van der Waals surface area contributed by atoms with Gasteiger partial charge in [-0.1, -0.05) is 45.0 Å². The molecule has 0 aliphatic heterocycles. The first-order chi connectivity index (χ1) is 9.47. The molecule has 1 aliphatic carbocycles. The van der Waals surface area contributed by atoms with Crippen molar-refractivity contribution in [3.05, 3.63) is 35.4 Å². The van der Waals surface area contributed by atoms with Crippen LogP contribution in [0, 0.1) is 17.8 Å². The molecule has 110 valence electrons. The molecule has 1 aromatic rings. The highest BCUT2D eigenvalue weighted by Gasteiger charge is 2.33. The van der Waals surface area contributed by atoms with Crippen molar-refractivity contribution in [2.75, 3.05) is 0 Å². The molecule has 1 aromatic carbocycles. The number of benzene rings is 1. The van der Waals surface area contributed by atoms with Crippen LogP contribution in [0.3, 0.4) is 0 Å². The summed E-state index contributed by atoms with van der Waals surface area (Å²) in [6.07, 6.45) is 3.84. The van der Waals surface area contributed by atoms with Crippen LogP contribution in [-0.4, -0.2) is 11.1 Å². The maximum atomic E-state index is 11.4. The third kappa shape index (κ3) is 3.62. The summed E-state index contributed by atoms with van der Waals surface area (Å²) in [4.78, 5) is 11.4. The molecule has 0 radical (unpaired) electrons. The number of carbonyl (C=O) groups is 1. The minimum Gasteiger partial charge on any atom is -0.481 e. The summed E-state index contributed by atoms with van der Waals surface area (Å²) < 4.78 is 0. The molecule has 2 rings (SSSR count).